The first kappa shape index (κ1) is 18.7. The molecule has 0 aliphatic heterocycles. The van der Waals surface area contributed by atoms with Crippen molar-refractivity contribution in [2.24, 2.45) is 5.10 Å². The highest BCUT2D eigenvalue weighted by atomic mass is 35.5. The summed E-state index contributed by atoms with van der Waals surface area (Å²) in [6.45, 7) is 3.75. The van der Waals surface area contributed by atoms with Crippen LogP contribution in [0.3, 0.4) is 0 Å². The summed E-state index contributed by atoms with van der Waals surface area (Å²) in [5, 5.41) is 7.14. The maximum absolute atomic E-state index is 11.9. The summed E-state index contributed by atoms with van der Waals surface area (Å²) in [4.78, 5) is 23.7. The van der Waals surface area contributed by atoms with Crippen LogP contribution in [0.5, 0.6) is 0 Å². The molecule has 0 unspecified atom stereocenters. The Balaban J connectivity index is 1.84. The number of nitrogens with zero attached hydrogens (tertiary/aromatic N) is 1. The number of amides is 2. The van der Waals surface area contributed by atoms with Crippen LogP contribution < -0.4 is 10.7 Å². The van der Waals surface area contributed by atoms with Crippen molar-refractivity contribution in [3.63, 3.8) is 0 Å². The van der Waals surface area contributed by atoms with E-state index in [1.165, 1.54) is 5.56 Å². The summed E-state index contributed by atoms with van der Waals surface area (Å²) in [6, 6.07) is 14.4. The van der Waals surface area contributed by atoms with Gasteiger partial charge in [-0.25, -0.2) is 5.43 Å². The number of benzene rings is 2. The fourth-order valence-electron chi connectivity index (χ4n) is 2.10. The van der Waals surface area contributed by atoms with E-state index in [-0.39, 0.29) is 12.5 Å². The predicted octanol–water partition coefficient (Wildman–Crippen LogP) is 3.17. The van der Waals surface area contributed by atoms with Gasteiger partial charge in [0.1, 0.15) is 0 Å². The van der Waals surface area contributed by atoms with Gasteiger partial charge in [0.15, 0.2) is 0 Å². The van der Waals surface area contributed by atoms with Crippen LogP contribution in [0.25, 0.3) is 0 Å². The van der Waals surface area contributed by atoms with E-state index in [4.69, 9.17) is 11.6 Å². The van der Waals surface area contributed by atoms with Crippen LogP contribution in [0.2, 0.25) is 5.02 Å². The second-order valence-corrected chi connectivity index (χ2v) is 5.91. The molecule has 5 nitrogen and oxygen atoms in total. The average Bonchev–Trinajstić information content (AvgIpc) is 2.64. The predicted molar refractivity (Wildman–Crippen MR) is 100.0 cm³/mol. The van der Waals surface area contributed by atoms with Crippen LogP contribution in [-0.4, -0.2) is 24.1 Å². The molecule has 2 aromatic carbocycles. The lowest BCUT2D eigenvalue weighted by Crippen LogP contribution is -2.35. The first-order chi connectivity index (χ1) is 12.0. The molecule has 0 atom stereocenters. The van der Waals surface area contributed by atoms with E-state index in [1.807, 2.05) is 31.2 Å². The molecule has 0 aliphatic rings. The van der Waals surface area contributed by atoms with Gasteiger partial charge in [-0.1, -0.05) is 42.8 Å². The topological polar surface area (TPSA) is 70.6 Å². The van der Waals surface area contributed by atoms with Crippen molar-refractivity contribution in [1.82, 2.24) is 10.7 Å². The Hall–Kier alpha value is -2.66. The molecule has 130 valence electrons. The molecule has 0 saturated carbocycles. The zero-order chi connectivity index (χ0) is 18.2. The Morgan fingerprint density at radius 3 is 2.20 bits per heavy atom. The van der Waals surface area contributed by atoms with Gasteiger partial charge in [0, 0.05) is 10.6 Å². The van der Waals surface area contributed by atoms with E-state index in [2.05, 4.69) is 22.8 Å². The Morgan fingerprint density at radius 1 is 1.00 bits per heavy atom. The fraction of sp³-hybridized carbons (Fsp3) is 0.211. The third kappa shape index (κ3) is 5.72. The van der Waals surface area contributed by atoms with Crippen molar-refractivity contribution in [1.29, 1.82) is 0 Å². The normalized spacial score (nSPS) is 11.1. The van der Waals surface area contributed by atoms with Crippen LogP contribution >= 0.6 is 11.6 Å². The smallest absolute Gasteiger partial charge is 0.259 e. The number of hydrazone groups is 1. The van der Waals surface area contributed by atoms with Crippen molar-refractivity contribution in [2.45, 2.75) is 20.3 Å². The van der Waals surface area contributed by atoms with Crippen molar-refractivity contribution < 1.29 is 9.59 Å². The number of hydrogen-bond acceptors (Lipinski definition) is 3. The Morgan fingerprint density at radius 2 is 1.60 bits per heavy atom. The zero-order valence-electron chi connectivity index (χ0n) is 14.2. The van der Waals surface area contributed by atoms with E-state index >= 15 is 0 Å². The van der Waals surface area contributed by atoms with Gasteiger partial charge in [0.05, 0.1) is 12.3 Å². The van der Waals surface area contributed by atoms with Gasteiger partial charge >= 0.3 is 0 Å². The molecule has 2 rings (SSSR count). The summed E-state index contributed by atoms with van der Waals surface area (Å²) in [6.07, 6.45) is 0.973. The molecule has 2 N–H and O–H groups in total. The van der Waals surface area contributed by atoms with E-state index in [1.54, 1.807) is 24.3 Å². The molecule has 0 aliphatic carbocycles. The van der Waals surface area contributed by atoms with E-state index in [9.17, 15) is 9.59 Å². The molecule has 25 heavy (non-hydrogen) atoms. The Kier molecular flexibility index (Phi) is 6.71. The lowest BCUT2D eigenvalue weighted by Gasteiger charge is -2.06. The quantitative estimate of drug-likeness (QED) is 0.615. The van der Waals surface area contributed by atoms with Crippen LogP contribution in [0, 0.1) is 0 Å². The monoisotopic (exact) mass is 357 g/mol. The molecular formula is C19H20ClN3O2. The highest BCUT2D eigenvalue weighted by Crippen LogP contribution is 2.09. The van der Waals surface area contributed by atoms with Gasteiger partial charge in [-0.15, -0.1) is 0 Å². The zero-order valence-corrected chi connectivity index (χ0v) is 14.9. The molecule has 0 aromatic heterocycles. The van der Waals surface area contributed by atoms with Gasteiger partial charge in [-0.05, 0) is 48.7 Å². The number of hydrogen-bond donors (Lipinski definition) is 2. The minimum Gasteiger partial charge on any atom is -0.343 e. The third-order valence-corrected chi connectivity index (χ3v) is 3.90. The highest BCUT2D eigenvalue weighted by molar-refractivity contribution is 6.30. The van der Waals surface area contributed by atoms with Crippen LogP contribution in [-0.2, 0) is 11.2 Å². The molecule has 2 aromatic rings. The minimum atomic E-state index is -0.396. The molecule has 6 heteroatoms. The minimum absolute atomic E-state index is 0.160. The largest absolute Gasteiger partial charge is 0.343 e. The SMILES string of the molecule is CCc1ccc(/C(C)=N/NC(=O)CNC(=O)c2ccc(Cl)cc2)cc1. The van der Waals surface area contributed by atoms with Crippen LogP contribution in [0.4, 0.5) is 0 Å². The molecule has 0 heterocycles. The summed E-state index contributed by atoms with van der Waals surface area (Å²) in [7, 11) is 0. The van der Waals surface area contributed by atoms with E-state index in [0.29, 0.717) is 16.3 Å². The molecule has 0 radical (unpaired) electrons. The lowest BCUT2D eigenvalue weighted by atomic mass is 10.1. The van der Waals surface area contributed by atoms with Crippen LogP contribution in [0.1, 0.15) is 35.3 Å². The maximum atomic E-state index is 11.9. The second-order valence-electron chi connectivity index (χ2n) is 5.47. The summed E-state index contributed by atoms with van der Waals surface area (Å²) in [5.41, 5.74) is 5.75. The first-order valence-corrected chi connectivity index (χ1v) is 8.33. The number of carbonyl (C=O) groups excluding carboxylic acids is 2. The highest BCUT2D eigenvalue weighted by Gasteiger charge is 2.07. The van der Waals surface area contributed by atoms with E-state index in [0.717, 1.165) is 12.0 Å². The van der Waals surface area contributed by atoms with Crippen molar-refractivity contribution in [3.8, 4) is 0 Å². The Bertz CT molecular complexity index is 768. The van der Waals surface area contributed by atoms with Crippen molar-refractivity contribution >= 4 is 29.1 Å². The van der Waals surface area contributed by atoms with Gasteiger partial charge in [-0.2, -0.15) is 5.10 Å². The molecular weight excluding hydrogens is 338 g/mol. The fourth-order valence-corrected chi connectivity index (χ4v) is 2.22. The standard InChI is InChI=1S/C19H20ClN3O2/c1-3-14-4-6-15(7-5-14)13(2)22-23-18(24)12-21-19(25)16-8-10-17(20)11-9-16/h4-11H,3,12H2,1-2H3,(H,21,25)(H,23,24)/b22-13+. The second kappa shape index (κ2) is 8.99. The Labute approximate surface area is 152 Å². The van der Waals surface area contributed by atoms with Crippen molar-refractivity contribution in [3.05, 3.63) is 70.2 Å². The van der Waals surface area contributed by atoms with Gasteiger partial charge in [-0.3, -0.25) is 9.59 Å². The number of carbonyl (C=O) groups is 2. The number of aryl methyl sites for hydroxylation is 1. The number of nitrogens with one attached hydrogen (secondary N) is 2. The summed E-state index contributed by atoms with van der Waals surface area (Å²) >= 11 is 5.77. The average molecular weight is 358 g/mol. The molecule has 0 fully saturated rings. The molecule has 0 spiro atoms. The third-order valence-electron chi connectivity index (χ3n) is 3.64. The molecule has 0 saturated heterocycles. The molecule has 2 amide bonds. The maximum Gasteiger partial charge on any atom is 0.259 e. The number of rotatable bonds is 6. The number of halogens is 1. The first-order valence-electron chi connectivity index (χ1n) is 7.95. The summed E-state index contributed by atoms with van der Waals surface area (Å²) < 4.78 is 0. The van der Waals surface area contributed by atoms with Gasteiger partial charge in [0.2, 0.25) is 0 Å². The van der Waals surface area contributed by atoms with Crippen LogP contribution in [0.15, 0.2) is 53.6 Å². The van der Waals surface area contributed by atoms with Gasteiger partial charge in [0.25, 0.3) is 11.8 Å². The van der Waals surface area contributed by atoms with E-state index < -0.39 is 5.91 Å². The summed E-state index contributed by atoms with van der Waals surface area (Å²) in [5.74, 6) is -0.741. The van der Waals surface area contributed by atoms with Crippen molar-refractivity contribution in [2.75, 3.05) is 6.54 Å². The lowest BCUT2D eigenvalue weighted by molar-refractivity contribution is -0.120. The van der Waals surface area contributed by atoms with Gasteiger partial charge < -0.3 is 5.32 Å². The molecule has 0 bridgehead atoms.